The van der Waals surface area contributed by atoms with Crippen LogP contribution in [0.5, 0.6) is 0 Å². The lowest BCUT2D eigenvalue weighted by atomic mass is 9.95. The van der Waals surface area contributed by atoms with Gasteiger partial charge in [-0.1, -0.05) is 53.5 Å². The summed E-state index contributed by atoms with van der Waals surface area (Å²) in [6.07, 6.45) is 4.17. The van der Waals surface area contributed by atoms with E-state index in [0.717, 1.165) is 42.6 Å². The van der Waals surface area contributed by atoms with Crippen LogP contribution in [0.3, 0.4) is 0 Å². The Balaban J connectivity index is 1.45. The van der Waals surface area contributed by atoms with Crippen LogP contribution in [0.2, 0.25) is 10.0 Å². The van der Waals surface area contributed by atoms with Crippen molar-refractivity contribution < 1.29 is 4.79 Å². The Morgan fingerprint density at radius 2 is 1.90 bits per heavy atom. The zero-order chi connectivity index (χ0) is 20.0. The van der Waals surface area contributed by atoms with Crippen LogP contribution in [0.4, 0.5) is 0 Å². The molecule has 2 aliphatic carbocycles. The van der Waals surface area contributed by atoms with E-state index in [1.54, 1.807) is 6.07 Å². The van der Waals surface area contributed by atoms with Crippen LogP contribution in [0.25, 0.3) is 5.69 Å². The molecule has 2 unspecified atom stereocenters. The van der Waals surface area contributed by atoms with E-state index in [0.29, 0.717) is 34.1 Å². The minimum Gasteiger partial charge on any atom is -0.350 e. The van der Waals surface area contributed by atoms with E-state index in [-0.39, 0.29) is 5.91 Å². The molecule has 1 heterocycles. The molecule has 1 fully saturated rings. The topological polar surface area (TPSA) is 46.9 Å². The highest BCUT2D eigenvalue weighted by Crippen LogP contribution is 2.54. The predicted molar refractivity (Wildman–Crippen MR) is 115 cm³/mol. The summed E-state index contributed by atoms with van der Waals surface area (Å²) in [5.41, 5.74) is 4.80. The first-order chi connectivity index (χ1) is 14.1. The van der Waals surface area contributed by atoms with Gasteiger partial charge in [0.1, 0.15) is 0 Å². The Morgan fingerprint density at radius 1 is 1.10 bits per heavy atom. The normalized spacial score (nSPS) is 19.4. The monoisotopic (exact) mass is 425 g/mol. The summed E-state index contributed by atoms with van der Waals surface area (Å²) >= 11 is 12.5. The molecule has 0 radical (unpaired) electrons. The molecule has 1 aromatic heterocycles. The van der Waals surface area contributed by atoms with E-state index in [1.165, 1.54) is 5.56 Å². The first kappa shape index (κ1) is 18.7. The molecular formula is C23H21Cl2N3O. The predicted octanol–water partition coefficient (Wildman–Crippen LogP) is 5.52. The number of hydrogen-bond acceptors (Lipinski definition) is 2. The lowest BCUT2D eigenvalue weighted by Crippen LogP contribution is -2.27. The SMILES string of the molecule is O=C(NCCc1ccccc1)c1nn(-c2ccc(Cl)cc2Cl)c2c1C1CCC2C1. The van der Waals surface area contributed by atoms with Gasteiger partial charge in [-0.3, -0.25) is 4.79 Å². The van der Waals surface area contributed by atoms with Crippen molar-refractivity contribution in [3.8, 4) is 5.69 Å². The summed E-state index contributed by atoms with van der Waals surface area (Å²) in [7, 11) is 0. The van der Waals surface area contributed by atoms with Gasteiger partial charge in [-0.2, -0.15) is 5.10 Å². The zero-order valence-electron chi connectivity index (χ0n) is 15.9. The number of carbonyl (C=O) groups excluding carboxylic acids is 1. The van der Waals surface area contributed by atoms with E-state index >= 15 is 0 Å². The van der Waals surface area contributed by atoms with Crippen molar-refractivity contribution in [2.75, 3.05) is 6.54 Å². The van der Waals surface area contributed by atoms with E-state index in [1.807, 2.05) is 35.0 Å². The molecule has 4 nitrogen and oxygen atoms in total. The lowest BCUT2D eigenvalue weighted by Gasteiger charge is -2.14. The van der Waals surface area contributed by atoms with Gasteiger partial charge in [-0.15, -0.1) is 0 Å². The maximum atomic E-state index is 13.0. The minimum atomic E-state index is -0.103. The summed E-state index contributed by atoms with van der Waals surface area (Å²) in [6, 6.07) is 15.6. The highest BCUT2D eigenvalue weighted by atomic mass is 35.5. The van der Waals surface area contributed by atoms with E-state index in [4.69, 9.17) is 28.3 Å². The van der Waals surface area contributed by atoms with Crippen LogP contribution < -0.4 is 5.32 Å². The molecule has 2 atom stereocenters. The second-order valence-corrected chi connectivity index (χ2v) is 8.70. The van der Waals surface area contributed by atoms with Gasteiger partial charge in [-0.25, -0.2) is 4.68 Å². The van der Waals surface area contributed by atoms with Crippen molar-refractivity contribution in [1.29, 1.82) is 0 Å². The molecule has 0 spiro atoms. The van der Waals surface area contributed by atoms with Gasteiger partial charge in [0.15, 0.2) is 5.69 Å². The quantitative estimate of drug-likeness (QED) is 0.584. The van der Waals surface area contributed by atoms with Crippen LogP contribution in [0.1, 0.15) is 58.4 Å². The van der Waals surface area contributed by atoms with Crippen LogP contribution in [-0.4, -0.2) is 22.2 Å². The number of nitrogens with zero attached hydrogens (tertiary/aromatic N) is 2. The van der Waals surface area contributed by atoms with Gasteiger partial charge in [0.2, 0.25) is 0 Å². The summed E-state index contributed by atoms with van der Waals surface area (Å²) in [5, 5.41) is 8.92. The zero-order valence-corrected chi connectivity index (χ0v) is 17.4. The number of carbonyl (C=O) groups is 1. The number of halogens is 2. The van der Waals surface area contributed by atoms with Gasteiger partial charge in [0.05, 0.1) is 16.4 Å². The molecule has 2 bridgehead atoms. The number of aromatic nitrogens is 2. The highest BCUT2D eigenvalue weighted by Gasteiger charge is 2.44. The van der Waals surface area contributed by atoms with E-state index < -0.39 is 0 Å². The number of rotatable bonds is 5. The van der Waals surface area contributed by atoms with Gasteiger partial charge >= 0.3 is 0 Å². The van der Waals surface area contributed by atoms with Gasteiger partial charge in [-0.05, 0) is 55.4 Å². The number of amides is 1. The Kier molecular flexibility index (Phi) is 4.84. The highest BCUT2D eigenvalue weighted by molar-refractivity contribution is 6.35. The standard InChI is InChI=1S/C23H21Cl2N3O/c24-17-8-9-19(18(25)13-17)28-22-16-7-6-15(12-16)20(22)21(27-28)23(29)26-11-10-14-4-2-1-3-5-14/h1-5,8-9,13,15-16H,6-7,10-12H2,(H,26,29). The fraction of sp³-hybridized carbons (Fsp3) is 0.304. The summed E-state index contributed by atoms with van der Waals surface area (Å²) < 4.78 is 1.88. The Labute approximate surface area is 179 Å². The number of hydrogen-bond donors (Lipinski definition) is 1. The molecular weight excluding hydrogens is 405 g/mol. The Morgan fingerprint density at radius 3 is 2.69 bits per heavy atom. The van der Waals surface area contributed by atoms with Crippen LogP contribution in [0, 0.1) is 0 Å². The first-order valence-corrected chi connectivity index (χ1v) is 10.8. The van der Waals surface area contributed by atoms with Crippen molar-refractivity contribution in [2.24, 2.45) is 0 Å². The Bertz CT molecular complexity index is 1080. The molecule has 3 aromatic rings. The van der Waals surface area contributed by atoms with Crippen molar-refractivity contribution in [1.82, 2.24) is 15.1 Å². The minimum absolute atomic E-state index is 0.103. The number of fused-ring (bicyclic) bond motifs is 5. The molecule has 1 N–H and O–H groups in total. The summed E-state index contributed by atoms with van der Waals surface area (Å²) in [4.78, 5) is 13.0. The third-order valence-electron chi connectivity index (χ3n) is 6.08. The van der Waals surface area contributed by atoms with Crippen molar-refractivity contribution in [2.45, 2.75) is 37.5 Å². The molecule has 29 heavy (non-hydrogen) atoms. The smallest absolute Gasteiger partial charge is 0.272 e. The van der Waals surface area contributed by atoms with Crippen molar-refractivity contribution in [3.05, 3.63) is 81.1 Å². The largest absolute Gasteiger partial charge is 0.350 e. The molecule has 1 amide bonds. The molecule has 1 saturated carbocycles. The molecule has 2 aromatic carbocycles. The maximum absolute atomic E-state index is 13.0. The molecule has 2 aliphatic rings. The molecule has 0 aliphatic heterocycles. The second-order valence-electron chi connectivity index (χ2n) is 7.85. The lowest BCUT2D eigenvalue weighted by molar-refractivity contribution is 0.0947. The molecule has 6 heteroatoms. The summed E-state index contributed by atoms with van der Waals surface area (Å²) in [6.45, 7) is 0.584. The van der Waals surface area contributed by atoms with Gasteiger partial charge < -0.3 is 5.32 Å². The van der Waals surface area contributed by atoms with E-state index in [2.05, 4.69) is 17.4 Å². The fourth-order valence-electron chi connectivity index (χ4n) is 4.78. The van der Waals surface area contributed by atoms with Crippen LogP contribution >= 0.6 is 23.2 Å². The van der Waals surface area contributed by atoms with Crippen LogP contribution in [-0.2, 0) is 6.42 Å². The summed E-state index contributed by atoms with van der Waals surface area (Å²) in [5.74, 6) is 0.762. The third kappa shape index (κ3) is 3.34. The van der Waals surface area contributed by atoms with E-state index in [9.17, 15) is 4.79 Å². The molecule has 0 saturated heterocycles. The Hall–Kier alpha value is -2.30. The van der Waals surface area contributed by atoms with Gasteiger partial charge in [0, 0.05) is 23.0 Å². The average molecular weight is 426 g/mol. The first-order valence-electron chi connectivity index (χ1n) is 10.0. The van der Waals surface area contributed by atoms with Gasteiger partial charge in [0.25, 0.3) is 5.91 Å². The number of benzene rings is 2. The third-order valence-corrected chi connectivity index (χ3v) is 6.62. The van der Waals surface area contributed by atoms with Crippen molar-refractivity contribution >= 4 is 29.1 Å². The molecule has 5 rings (SSSR count). The molecule has 148 valence electrons. The fourth-order valence-corrected chi connectivity index (χ4v) is 5.27. The maximum Gasteiger partial charge on any atom is 0.272 e. The average Bonchev–Trinajstić information content (AvgIpc) is 3.42. The van der Waals surface area contributed by atoms with Crippen LogP contribution in [0.15, 0.2) is 48.5 Å². The van der Waals surface area contributed by atoms with Crippen molar-refractivity contribution in [3.63, 3.8) is 0 Å². The number of nitrogens with one attached hydrogen (secondary N) is 1. The second kappa shape index (κ2) is 7.51.